The molecule has 1 aromatic carbocycles. The van der Waals surface area contributed by atoms with Gasteiger partial charge >= 0.3 is 0 Å². The van der Waals surface area contributed by atoms with Gasteiger partial charge in [0.2, 0.25) is 5.91 Å². The van der Waals surface area contributed by atoms with Crippen molar-refractivity contribution in [2.45, 2.75) is 38.1 Å². The molecule has 0 bridgehead atoms. The molecule has 118 valence electrons. The maximum atomic E-state index is 11.9. The van der Waals surface area contributed by atoms with Crippen LogP contribution in [-0.2, 0) is 11.3 Å². The number of nitrogens with one attached hydrogen (secondary N) is 1. The molecule has 1 aliphatic rings. The van der Waals surface area contributed by atoms with Crippen LogP contribution in [0.4, 0.5) is 0 Å². The maximum Gasteiger partial charge on any atom is 0.220 e. The topological polar surface area (TPSA) is 72.0 Å². The molecule has 1 aliphatic carbocycles. The molecule has 3 rings (SSSR count). The van der Waals surface area contributed by atoms with Crippen LogP contribution in [0.25, 0.3) is 0 Å². The Kier molecular flexibility index (Phi) is 4.76. The zero-order valence-corrected chi connectivity index (χ0v) is 12.9. The fourth-order valence-electron chi connectivity index (χ4n) is 2.39. The number of ketones is 1. The monoisotopic (exact) mass is 309 g/mol. The lowest BCUT2D eigenvalue weighted by atomic mass is 10.1. The van der Waals surface area contributed by atoms with Crippen molar-refractivity contribution >= 4 is 11.7 Å². The van der Waals surface area contributed by atoms with Crippen molar-refractivity contribution < 1.29 is 9.59 Å². The van der Waals surface area contributed by atoms with Crippen LogP contribution in [0.5, 0.6) is 0 Å². The summed E-state index contributed by atoms with van der Waals surface area (Å²) in [4.78, 5) is 32.3. The quantitative estimate of drug-likeness (QED) is 0.798. The number of rotatable bonds is 7. The van der Waals surface area contributed by atoms with Gasteiger partial charge in [0.25, 0.3) is 0 Å². The molecule has 5 heteroatoms. The highest BCUT2D eigenvalue weighted by Gasteiger charge is 2.25. The number of carbonyl (C=O) groups excluding carboxylic acids is 2. The molecule has 1 heterocycles. The third-order valence-electron chi connectivity index (χ3n) is 3.88. The molecule has 1 saturated carbocycles. The predicted molar refractivity (Wildman–Crippen MR) is 85.9 cm³/mol. The van der Waals surface area contributed by atoms with Gasteiger partial charge in [0, 0.05) is 30.0 Å². The van der Waals surface area contributed by atoms with E-state index in [9.17, 15) is 9.59 Å². The molecule has 2 aromatic rings. The fraction of sp³-hybridized carbons (Fsp3) is 0.333. The van der Waals surface area contributed by atoms with E-state index in [1.54, 1.807) is 18.5 Å². The summed E-state index contributed by atoms with van der Waals surface area (Å²) in [5.41, 5.74) is 2.51. The summed E-state index contributed by atoms with van der Waals surface area (Å²) in [5.74, 6) is 0.413. The molecule has 0 aliphatic heterocycles. The minimum absolute atomic E-state index is 0.0150. The zero-order valence-electron chi connectivity index (χ0n) is 12.9. The van der Waals surface area contributed by atoms with Gasteiger partial charge in [-0.2, -0.15) is 0 Å². The number of benzene rings is 1. The Balaban J connectivity index is 1.44. The van der Waals surface area contributed by atoms with Crippen molar-refractivity contribution in [1.82, 2.24) is 15.3 Å². The van der Waals surface area contributed by atoms with Gasteiger partial charge in [0.05, 0.1) is 12.2 Å². The lowest BCUT2D eigenvalue weighted by molar-refractivity contribution is -0.121. The first-order valence-electron chi connectivity index (χ1n) is 7.88. The van der Waals surface area contributed by atoms with Crippen molar-refractivity contribution in [2.24, 2.45) is 0 Å². The number of Topliss-reactive ketones (excluding diaryl/α,β-unsaturated/α-hetero) is 1. The molecule has 1 amide bonds. The highest BCUT2D eigenvalue weighted by molar-refractivity contribution is 5.97. The first-order valence-corrected chi connectivity index (χ1v) is 7.88. The van der Waals surface area contributed by atoms with Crippen LogP contribution in [0, 0.1) is 0 Å². The minimum atomic E-state index is -0.138. The molecule has 1 N–H and O–H groups in total. The summed E-state index contributed by atoms with van der Waals surface area (Å²) in [7, 11) is 0. The Morgan fingerprint density at radius 1 is 1.09 bits per heavy atom. The first-order chi connectivity index (χ1) is 11.2. The van der Waals surface area contributed by atoms with Crippen LogP contribution in [0.15, 0.2) is 42.7 Å². The molecule has 1 aromatic heterocycles. The third-order valence-corrected chi connectivity index (χ3v) is 3.88. The number of hydrogen-bond donors (Lipinski definition) is 1. The fourth-order valence-corrected chi connectivity index (χ4v) is 2.39. The Bertz CT molecular complexity index is 696. The van der Waals surface area contributed by atoms with Crippen molar-refractivity contribution in [3.63, 3.8) is 0 Å². The first kappa shape index (κ1) is 15.3. The molecular formula is C18H19N3O2. The summed E-state index contributed by atoms with van der Waals surface area (Å²) < 4.78 is 0. The Hall–Kier alpha value is -2.56. The number of aromatic nitrogens is 2. The lowest BCUT2D eigenvalue weighted by Crippen LogP contribution is -2.24. The average molecular weight is 309 g/mol. The second-order valence-electron chi connectivity index (χ2n) is 5.77. The molecule has 0 unspecified atom stereocenters. The smallest absolute Gasteiger partial charge is 0.220 e. The van der Waals surface area contributed by atoms with E-state index in [0.717, 1.165) is 11.4 Å². The largest absolute Gasteiger partial charge is 0.350 e. The van der Waals surface area contributed by atoms with Gasteiger partial charge in [-0.05, 0) is 18.9 Å². The van der Waals surface area contributed by atoms with Gasteiger partial charge in [0.1, 0.15) is 6.33 Å². The summed E-state index contributed by atoms with van der Waals surface area (Å²) in [6.07, 6.45) is 4.32. The van der Waals surface area contributed by atoms with Crippen molar-refractivity contribution in [3.05, 3.63) is 59.7 Å². The van der Waals surface area contributed by atoms with Crippen LogP contribution in [0.1, 0.15) is 53.3 Å². The number of hydrogen-bond acceptors (Lipinski definition) is 4. The lowest BCUT2D eigenvalue weighted by Gasteiger charge is -2.06. The molecule has 0 saturated heterocycles. The van der Waals surface area contributed by atoms with E-state index in [0.29, 0.717) is 18.0 Å². The Morgan fingerprint density at radius 2 is 1.87 bits per heavy atom. The second-order valence-corrected chi connectivity index (χ2v) is 5.77. The minimum Gasteiger partial charge on any atom is -0.350 e. The van der Waals surface area contributed by atoms with Gasteiger partial charge in [-0.3, -0.25) is 9.59 Å². The average Bonchev–Trinajstić information content (AvgIpc) is 3.44. The molecular weight excluding hydrogens is 290 g/mol. The number of carbonyl (C=O) groups is 2. The van der Waals surface area contributed by atoms with Crippen LogP contribution >= 0.6 is 0 Å². The number of amides is 1. The van der Waals surface area contributed by atoms with Crippen LogP contribution in [0.3, 0.4) is 0 Å². The van der Waals surface area contributed by atoms with Gasteiger partial charge in [0.15, 0.2) is 5.78 Å². The summed E-state index contributed by atoms with van der Waals surface area (Å²) >= 11 is 0. The molecule has 0 spiro atoms. The molecule has 0 atom stereocenters. The third kappa shape index (κ3) is 4.45. The summed E-state index contributed by atoms with van der Waals surface area (Å²) in [6.45, 7) is 0.376. The summed E-state index contributed by atoms with van der Waals surface area (Å²) in [5, 5.41) is 2.81. The molecule has 1 fully saturated rings. The highest BCUT2D eigenvalue weighted by Crippen LogP contribution is 2.38. The van der Waals surface area contributed by atoms with Crippen molar-refractivity contribution in [1.29, 1.82) is 0 Å². The zero-order chi connectivity index (χ0) is 16.1. The van der Waals surface area contributed by atoms with E-state index < -0.39 is 0 Å². The SMILES string of the molecule is O=C(CCC(=O)c1ccccc1)NCc1cc(C2CC2)ncn1. The van der Waals surface area contributed by atoms with Gasteiger partial charge in [-0.25, -0.2) is 9.97 Å². The highest BCUT2D eigenvalue weighted by atomic mass is 16.2. The van der Waals surface area contributed by atoms with Gasteiger partial charge in [-0.1, -0.05) is 30.3 Å². The van der Waals surface area contributed by atoms with Crippen molar-refractivity contribution in [3.8, 4) is 0 Å². The van der Waals surface area contributed by atoms with E-state index in [4.69, 9.17) is 0 Å². The maximum absolute atomic E-state index is 11.9. The van der Waals surface area contributed by atoms with E-state index in [1.807, 2.05) is 24.3 Å². The Morgan fingerprint density at radius 3 is 2.61 bits per heavy atom. The Labute approximate surface area is 135 Å². The van der Waals surface area contributed by atoms with E-state index in [2.05, 4.69) is 15.3 Å². The second kappa shape index (κ2) is 7.13. The van der Waals surface area contributed by atoms with Crippen LogP contribution in [0.2, 0.25) is 0 Å². The standard InChI is InChI=1S/C18H19N3O2/c22-17(14-4-2-1-3-5-14)8-9-18(23)19-11-15-10-16(13-6-7-13)21-12-20-15/h1-5,10,12-13H,6-9,11H2,(H,19,23). The molecule has 0 radical (unpaired) electrons. The van der Waals surface area contributed by atoms with E-state index in [1.165, 1.54) is 12.8 Å². The van der Waals surface area contributed by atoms with Gasteiger partial charge in [-0.15, -0.1) is 0 Å². The van der Waals surface area contributed by atoms with E-state index >= 15 is 0 Å². The van der Waals surface area contributed by atoms with E-state index in [-0.39, 0.29) is 24.5 Å². The number of nitrogens with zero attached hydrogens (tertiary/aromatic N) is 2. The van der Waals surface area contributed by atoms with Crippen LogP contribution in [-0.4, -0.2) is 21.7 Å². The molecule has 5 nitrogen and oxygen atoms in total. The summed E-state index contributed by atoms with van der Waals surface area (Å²) in [6, 6.07) is 11.0. The van der Waals surface area contributed by atoms with Crippen molar-refractivity contribution in [2.75, 3.05) is 0 Å². The normalized spacial score (nSPS) is 13.6. The molecule has 23 heavy (non-hydrogen) atoms. The predicted octanol–water partition coefficient (Wildman–Crippen LogP) is 2.63. The van der Waals surface area contributed by atoms with Crippen LogP contribution < -0.4 is 5.32 Å². The van der Waals surface area contributed by atoms with Gasteiger partial charge < -0.3 is 5.32 Å².